The smallest absolute Gasteiger partial charge is 0.224 e. The van der Waals surface area contributed by atoms with Crippen molar-refractivity contribution in [2.24, 2.45) is 0 Å². The lowest BCUT2D eigenvalue weighted by molar-refractivity contribution is -0.115. The molecule has 1 aromatic carbocycles. The number of nitrogens with one attached hydrogen (secondary N) is 2. The third-order valence-corrected chi connectivity index (χ3v) is 3.07. The van der Waals surface area contributed by atoms with Gasteiger partial charge in [-0.3, -0.25) is 4.79 Å². The van der Waals surface area contributed by atoms with Gasteiger partial charge in [0.25, 0.3) is 0 Å². The van der Waals surface area contributed by atoms with Crippen molar-refractivity contribution in [2.75, 3.05) is 10.6 Å². The molecule has 2 N–H and O–H groups in total. The molecule has 1 heterocycles. The van der Waals surface area contributed by atoms with Crippen molar-refractivity contribution in [3.05, 3.63) is 47.4 Å². The summed E-state index contributed by atoms with van der Waals surface area (Å²) in [5.74, 6) is 0.968. The fourth-order valence-electron chi connectivity index (χ4n) is 1.85. The Bertz CT molecular complexity index is 683. The van der Waals surface area contributed by atoms with Gasteiger partial charge in [-0.05, 0) is 36.8 Å². The van der Waals surface area contributed by atoms with Crippen molar-refractivity contribution in [1.82, 2.24) is 0 Å². The zero-order chi connectivity index (χ0) is 15.2. The highest BCUT2D eigenvalue weighted by Crippen LogP contribution is 2.21. The second-order valence-corrected chi connectivity index (χ2v) is 4.66. The standard InChI is InChI=1S/C16H17N3O2/c1-3-16(20)19-12-5-4-11(2)15(8-12)18-10-14-7-6-13(9-17)21-14/h4-8,18H,3,10H2,1-2H3,(H,19,20). The van der Waals surface area contributed by atoms with Crippen LogP contribution in [-0.4, -0.2) is 5.91 Å². The molecule has 0 fully saturated rings. The second-order valence-electron chi connectivity index (χ2n) is 4.66. The highest BCUT2D eigenvalue weighted by Gasteiger charge is 2.05. The molecule has 0 aliphatic carbocycles. The van der Waals surface area contributed by atoms with Crippen LogP contribution in [0.3, 0.4) is 0 Å². The molecule has 21 heavy (non-hydrogen) atoms. The van der Waals surface area contributed by atoms with E-state index in [0.717, 1.165) is 16.9 Å². The van der Waals surface area contributed by atoms with Gasteiger partial charge >= 0.3 is 0 Å². The number of benzene rings is 1. The number of furan rings is 1. The molecule has 0 aliphatic rings. The molecule has 5 heteroatoms. The minimum absolute atomic E-state index is 0.0190. The van der Waals surface area contributed by atoms with E-state index in [-0.39, 0.29) is 5.91 Å². The number of nitriles is 1. The summed E-state index contributed by atoms with van der Waals surface area (Å²) in [4.78, 5) is 11.4. The van der Waals surface area contributed by atoms with Gasteiger partial charge in [-0.2, -0.15) is 5.26 Å². The number of hydrogen-bond donors (Lipinski definition) is 2. The summed E-state index contributed by atoms with van der Waals surface area (Å²) in [5, 5.41) is 14.8. The van der Waals surface area contributed by atoms with E-state index in [2.05, 4.69) is 10.6 Å². The molecule has 0 atom stereocenters. The van der Waals surface area contributed by atoms with Gasteiger partial charge < -0.3 is 15.1 Å². The fourth-order valence-corrected chi connectivity index (χ4v) is 1.85. The molecule has 2 aromatic rings. The maximum absolute atomic E-state index is 11.4. The van der Waals surface area contributed by atoms with E-state index in [9.17, 15) is 4.79 Å². The Balaban J connectivity index is 2.06. The summed E-state index contributed by atoms with van der Waals surface area (Å²) in [5.41, 5.74) is 2.74. The van der Waals surface area contributed by atoms with Crippen LogP contribution in [0.25, 0.3) is 0 Å². The lowest BCUT2D eigenvalue weighted by Crippen LogP contribution is -2.10. The summed E-state index contributed by atoms with van der Waals surface area (Å²) in [6.07, 6.45) is 0.444. The topological polar surface area (TPSA) is 78.1 Å². The van der Waals surface area contributed by atoms with Crippen LogP contribution in [-0.2, 0) is 11.3 Å². The predicted octanol–water partition coefficient (Wildman–Crippen LogP) is 3.42. The zero-order valence-electron chi connectivity index (χ0n) is 12.1. The number of rotatable bonds is 5. The monoisotopic (exact) mass is 283 g/mol. The lowest BCUT2D eigenvalue weighted by atomic mass is 10.1. The minimum Gasteiger partial charge on any atom is -0.449 e. The van der Waals surface area contributed by atoms with Gasteiger partial charge in [-0.1, -0.05) is 13.0 Å². The van der Waals surface area contributed by atoms with E-state index in [1.165, 1.54) is 0 Å². The van der Waals surface area contributed by atoms with Crippen molar-refractivity contribution in [1.29, 1.82) is 5.26 Å². The molecule has 2 rings (SSSR count). The summed E-state index contributed by atoms with van der Waals surface area (Å²) < 4.78 is 5.31. The summed E-state index contributed by atoms with van der Waals surface area (Å²) in [7, 11) is 0. The maximum atomic E-state index is 11.4. The number of nitrogens with zero attached hydrogens (tertiary/aromatic N) is 1. The van der Waals surface area contributed by atoms with Crippen molar-refractivity contribution in [2.45, 2.75) is 26.8 Å². The minimum atomic E-state index is -0.0190. The molecule has 0 spiro atoms. The van der Waals surface area contributed by atoms with E-state index in [1.54, 1.807) is 12.1 Å². The highest BCUT2D eigenvalue weighted by molar-refractivity contribution is 5.91. The van der Waals surface area contributed by atoms with Crippen molar-refractivity contribution < 1.29 is 9.21 Å². The van der Waals surface area contributed by atoms with Crippen LogP contribution >= 0.6 is 0 Å². The Hall–Kier alpha value is -2.74. The number of carbonyl (C=O) groups is 1. The van der Waals surface area contributed by atoms with Gasteiger partial charge in [0.15, 0.2) is 0 Å². The van der Waals surface area contributed by atoms with Gasteiger partial charge in [0.05, 0.1) is 6.54 Å². The average Bonchev–Trinajstić information content (AvgIpc) is 2.95. The molecule has 0 aliphatic heterocycles. The van der Waals surface area contributed by atoms with E-state index < -0.39 is 0 Å². The summed E-state index contributed by atoms with van der Waals surface area (Å²) in [6.45, 7) is 4.27. The third kappa shape index (κ3) is 3.86. The molecule has 1 amide bonds. The first-order valence-corrected chi connectivity index (χ1v) is 6.75. The van der Waals surface area contributed by atoms with Gasteiger partial charge in [0.2, 0.25) is 11.7 Å². The van der Waals surface area contributed by atoms with Crippen LogP contribution in [0.4, 0.5) is 11.4 Å². The van der Waals surface area contributed by atoms with Gasteiger partial charge in [-0.25, -0.2) is 0 Å². The first-order valence-electron chi connectivity index (χ1n) is 6.75. The number of hydrogen-bond acceptors (Lipinski definition) is 4. The number of amides is 1. The van der Waals surface area contributed by atoms with Gasteiger partial charge in [0.1, 0.15) is 11.8 Å². The molecule has 1 aromatic heterocycles. The first-order chi connectivity index (χ1) is 10.1. The van der Waals surface area contributed by atoms with Crippen LogP contribution in [0.15, 0.2) is 34.7 Å². The molecule has 0 bridgehead atoms. The Morgan fingerprint density at radius 3 is 2.81 bits per heavy atom. The van der Waals surface area contributed by atoms with Crippen molar-refractivity contribution in [3.63, 3.8) is 0 Å². The van der Waals surface area contributed by atoms with E-state index in [4.69, 9.17) is 9.68 Å². The fraction of sp³-hybridized carbons (Fsp3) is 0.250. The van der Waals surface area contributed by atoms with Crippen LogP contribution < -0.4 is 10.6 Å². The van der Waals surface area contributed by atoms with Crippen LogP contribution in [0.2, 0.25) is 0 Å². The first kappa shape index (κ1) is 14.7. The highest BCUT2D eigenvalue weighted by atomic mass is 16.3. The van der Waals surface area contributed by atoms with Crippen molar-refractivity contribution in [3.8, 4) is 6.07 Å². The van der Waals surface area contributed by atoms with Crippen molar-refractivity contribution >= 4 is 17.3 Å². The number of anilines is 2. The Morgan fingerprint density at radius 2 is 2.14 bits per heavy atom. The van der Waals surface area contributed by atoms with Crippen LogP contribution in [0.5, 0.6) is 0 Å². The third-order valence-electron chi connectivity index (χ3n) is 3.07. The number of carbonyl (C=O) groups excluding carboxylic acids is 1. The molecular weight excluding hydrogens is 266 g/mol. The molecule has 0 radical (unpaired) electrons. The molecule has 0 unspecified atom stereocenters. The molecule has 0 saturated carbocycles. The summed E-state index contributed by atoms with van der Waals surface area (Å²) >= 11 is 0. The van der Waals surface area contributed by atoms with E-state index >= 15 is 0 Å². The van der Waals surface area contributed by atoms with Crippen LogP contribution in [0.1, 0.15) is 30.4 Å². The largest absolute Gasteiger partial charge is 0.449 e. The van der Waals surface area contributed by atoms with Crippen LogP contribution in [0, 0.1) is 18.3 Å². The van der Waals surface area contributed by atoms with Gasteiger partial charge in [-0.15, -0.1) is 0 Å². The average molecular weight is 283 g/mol. The SMILES string of the molecule is CCC(=O)Nc1ccc(C)c(NCc2ccc(C#N)o2)c1. The normalized spacial score (nSPS) is 9.95. The maximum Gasteiger partial charge on any atom is 0.224 e. The Kier molecular flexibility index (Phi) is 4.62. The zero-order valence-corrected chi connectivity index (χ0v) is 12.1. The van der Waals surface area contributed by atoms with E-state index in [1.807, 2.05) is 38.1 Å². The van der Waals surface area contributed by atoms with E-state index in [0.29, 0.717) is 24.5 Å². The number of aryl methyl sites for hydroxylation is 1. The Morgan fingerprint density at radius 1 is 1.33 bits per heavy atom. The molecule has 0 saturated heterocycles. The second kappa shape index (κ2) is 6.62. The van der Waals surface area contributed by atoms with Gasteiger partial charge in [0, 0.05) is 17.8 Å². The quantitative estimate of drug-likeness (QED) is 0.881. The summed E-state index contributed by atoms with van der Waals surface area (Å²) in [6, 6.07) is 11.1. The molecule has 5 nitrogen and oxygen atoms in total. The Labute approximate surface area is 123 Å². The predicted molar refractivity (Wildman–Crippen MR) is 80.8 cm³/mol. The molecular formula is C16H17N3O2. The lowest BCUT2D eigenvalue weighted by Gasteiger charge is -2.11. The molecule has 108 valence electrons.